The minimum absolute atomic E-state index is 0.000442. The summed E-state index contributed by atoms with van der Waals surface area (Å²) < 4.78 is 15.2. The van der Waals surface area contributed by atoms with E-state index in [9.17, 15) is 14.4 Å². The van der Waals surface area contributed by atoms with Gasteiger partial charge in [-0.1, -0.05) is 24.3 Å². The first kappa shape index (κ1) is 20.0. The lowest BCUT2D eigenvalue weighted by atomic mass is 10.1. The van der Waals surface area contributed by atoms with Gasteiger partial charge in [0.2, 0.25) is 0 Å². The molecule has 3 rings (SSSR count). The van der Waals surface area contributed by atoms with E-state index in [0.717, 1.165) is 10.8 Å². The van der Waals surface area contributed by atoms with Crippen LogP contribution in [0.5, 0.6) is 5.75 Å². The van der Waals surface area contributed by atoms with Crippen LogP contribution < -0.4 is 4.74 Å². The van der Waals surface area contributed by atoms with Gasteiger partial charge >= 0.3 is 17.9 Å². The van der Waals surface area contributed by atoms with Gasteiger partial charge in [-0.3, -0.25) is 0 Å². The van der Waals surface area contributed by atoms with Crippen molar-refractivity contribution in [2.24, 2.45) is 0 Å². The van der Waals surface area contributed by atoms with E-state index in [0.29, 0.717) is 5.69 Å². The van der Waals surface area contributed by atoms with Crippen molar-refractivity contribution in [3.63, 3.8) is 0 Å². The number of aryl methyl sites for hydroxylation is 1. The van der Waals surface area contributed by atoms with Crippen LogP contribution in [0.25, 0.3) is 10.8 Å². The molecule has 0 N–H and O–H groups in total. The number of fused-ring (bicyclic) bond motifs is 1. The van der Waals surface area contributed by atoms with Crippen LogP contribution in [-0.4, -0.2) is 36.6 Å². The fourth-order valence-electron chi connectivity index (χ4n) is 2.82. The molecule has 0 amide bonds. The Morgan fingerprint density at radius 1 is 0.897 bits per heavy atom. The molecule has 0 radical (unpaired) electrons. The summed E-state index contributed by atoms with van der Waals surface area (Å²) in [6.07, 6.45) is 0. The van der Waals surface area contributed by atoms with Crippen LogP contribution >= 0.6 is 0 Å². The molecule has 29 heavy (non-hydrogen) atoms. The summed E-state index contributed by atoms with van der Waals surface area (Å²) in [4.78, 5) is 40.8. The summed E-state index contributed by atoms with van der Waals surface area (Å²) in [5.74, 6) is -1.83. The van der Waals surface area contributed by atoms with E-state index in [1.54, 1.807) is 26.0 Å². The molecule has 0 atom stereocenters. The lowest BCUT2D eigenvalue weighted by molar-refractivity contribution is 0.0521. The zero-order chi connectivity index (χ0) is 21.0. The minimum Gasteiger partial charge on any atom is -0.465 e. The second kappa shape index (κ2) is 8.52. The highest BCUT2D eigenvalue weighted by atomic mass is 16.5. The van der Waals surface area contributed by atoms with E-state index >= 15 is 0 Å². The Kier molecular flexibility index (Phi) is 5.87. The maximum Gasteiger partial charge on any atom is 0.362 e. The van der Waals surface area contributed by atoms with Crippen LogP contribution in [0.4, 0.5) is 0 Å². The molecule has 0 aliphatic heterocycles. The van der Waals surface area contributed by atoms with Crippen molar-refractivity contribution in [2.45, 2.75) is 13.8 Å². The summed E-state index contributed by atoms with van der Waals surface area (Å²) in [5, 5.41) is 1.60. The highest BCUT2D eigenvalue weighted by molar-refractivity contribution is 6.00. The fourth-order valence-corrected chi connectivity index (χ4v) is 2.82. The second-order valence-electron chi connectivity index (χ2n) is 6.13. The maximum atomic E-state index is 12.6. The lowest BCUT2D eigenvalue weighted by Crippen LogP contribution is -2.16. The number of hydrogen-bond acceptors (Lipinski definition) is 7. The third-order valence-electron chi connectivity index (χ3n) is 4.25. The highest BCUT2D eigenvalue weighted by Crippen LogP contribution is 2.27. The molecule has 1 aromatic heterocycles. The molecule has 3 aromatic rings. The van der Waals surface area contributed by atoms with Gasteiger partial charge in [-0.25, -0.2) is 19.4 Å². The van der Waals surface area contributed by atoms with Crippen molar-refractivity contribution in [2.75, 3.05) is 13.7 Å². The number of pyridine rings is 1. The lowest BCUT2D eigenvalue weighted by Gasteiger charge is -2.11. The Bertz CT molecular complexity index is 1110. The molecule has 7 nitrogen and oxygen atoms in total. The van der Waals surface area contributed by atoms with Crippen molar-refractivity contribution in [3.8, 4) is 5.75 Å². The van der Waals surface area contributed by atoms with Gasteiger partial charge in [-0.15, -0.1) is 0 Å². The third-order valence-corrected chi connectivity index (χ3v) is 4.25. The van der Waals surface area contributed by atoms with E-state index in [1.807, 2.05) is 24.3 Å². The molecule has 0 unspecified atom stereocenters. The Morgan fingerprint density at radius 2 is 1.59 bits per heavy atom. The molecule has 2 aromatic carbocycles. The Morgan fingerprint density at radius 3 is 2.21 bits per heavy atom. The van der Waals surface area contributed by atoms with Crippen molar-refractivity contribution in [1.82, 2.24) is 4.98 Å². The van der Waals surface area contributed by atoms with Crippen LogP contribution in [0.1, 0.15) is 43.8 Å². The third kappa shape index (κ3) is 4.24. The number of methoxy groups -OCH3 is 1. The number of nitrogens with zero attached hydrogens (tertiary/aromatic N) is 1. The van der Waals surface area contributed by atoms with Gasteiger partial charge in [0.25, 0.3) is 0 Å². The molecular formula is C22H19NO6. The largest absolute Gasteiger partial charge is 0.465 e. The Balaban J connectivity index is 1.94. The number of rotatable bonds is 5. The zero-order valence-corrected chi connectivity index (χ0v) is 16.2. The molecule has 0 saturated heterocycles. The smallest absolute Gasteiger partial charge is 0.362 e. The van der Waals surface area contributed by atoms with Crippen LogP contribution in [0.3, 0.4) is 0 Å². The summed E-state index contributed by atoms with van der Waals surface area (Å²) in [6.45, 7) is 3.54. The van der Waals surface area contributed by atoms with Crippen molar-refractivity contribution in [1.29, 1.82) is 0 Å². The Labute approximate surface area is 167 Å². The quantitative estimate of drug-likeness (QED) is 0.482. The first-order valence-electron chi connectivity index (χ1n) is 8.92. The topological polar surface area (TPSA) is 91.8 Å². The first-order valence-corrected chi connectivity index (χ1v) is 8.92. The van der Waals surface area contributed by atoms with E-state index in [2.05, 4.69) is 4.98 Å². The molecule has 7 heteroatoms. The zero-order valence-electron chi connectivity index (χ0n) is 16.2. The van der Waals surface area contributed by atoms with Gasteiger partial charge in [0.15, 0.2) is 0 Å². The SMILES string of the molecule is CCOC(=O)c1ccc(C(=O)Oc2cc3ccccc3cc2C(=O)OC)nc1C. The molecule has 0 saturated carbocycles. The van der Waals surface area contributed by atoms with Crippen molar-refractivity contribution in [3.05, 3.63) is 71.0 Å². The molecule has 0 bridgehead atoms. The summed E-state index contributed by atoms with van der Waals surface area (Å²) >= 11 is 0. The van der Waals surface area contributed by atoms with Gasteiger partial charge in [-0.2, -0.15) is 0 Å². The number of aromatic nitrogens is 1. The van der Waals surface area contributed by atoms with Gasteiger partial charge in [-0.05, 0) is 48.9 Å². The van der Waals surface area contributed by atoms with Gasteiger partial charge in [0.05, 0.1) is 25.0 Å². The summed E-state index contributed by atoms with van der Waals surface area (Å²) in [5.41, 5.74) is 0.730. The maximum absolute atomic E-state index is 12.6. The normalized spacial score (nSPS) is 10.4. The second-order valence-corrected chi connectivity index (χ2v) is 6.13. The number of esters is 3. The van der Waals surface area contributed by atoms with Crippen molar-refractivity contribution >= 4 is 28.7 Å². The van der Waals surface area contributed by atoms with Crippen LogP contribution in [-0.2, 0) is 9.47 Å². The highest BCUT2D eigenvalue weighted by Gasteiger charge is 2.20. The van der Waals surface area contributed by atoms with Gasteiger partial charge in [0, 0.05) is 0 Å². The molecule has 0 fully saturated rings. The number of ether oxygens (including phenoxy) is 3. The van der Waals surface area contributed by atoms with Crippen molar-refractivity contribution < 1.29 is 28.6 Å². The van der Waals surface area contributed by atoms with E-state index < -0.39 is 17.9 Å². The average molecular weight is 393 g/mol. The number of carbonyl (C=O) groups excluding carboxylic acids is 3. The predicted molar refractivity (Wildman–Crippen MR) is 105 cm³/mol. The monoisotopic (exact) mass is 393 g/mol. The fraction of sp³-hybridized carbons (Fsp3) is 0.182. The number of hydrogen-bond donors (Lipinski definition) is 0. The van der Waals surface area contributed by atoms with E-state index in [-0.39, 0.29) is 29.2 Å². The summed E-state index contributed by atoms with van der Waals surface area (Å²) in [7, 11) is 1.25. The van der Waals surface area contributed by atoms with Gasteiger partial charge in [0.1, 0.15) is 17.0 Å². The standard InChI is InChI=1S/C22H19NO6/c1-4-28-21(25)16-9-10-18(23-13(16)2)22(26)29-19-12-15-8-6-5-7-14(15)11-17(19)20(24)27-3/h5-12H,4H2,1-3H3. The number of benzene rings is 2. The molecule has 0 spiro atoms. The first-order chi connectivity index (χ1) is 13.9. The van der Waals surface area contributed by atoms with Gasteiger partial charge < -0.3 is 14.2 Å². The minimum atomic E-state index is -0.760. The number of carbonyl (C=O) groups is 3. The Hall–Kier alpha value is -3.74. The molecule has 0 aliphatic rings. The average Bonchev–Trinajstić information content (AvgIpc) is 2.72. The van der Waals surface area contributed by atoms with Crippen LogP contribution in [0.15, 0.2) is 48.5 Å². The van der Waals surface area contributed by atoms with Crippen LogP contribution in [0, 0.1) is 6.92 Å². The molecule has 1 heterocycles. The summed E-state index contributed by atoms with van der Waals surface area (Å²) in [6, 6.07) is 13.4. The molecular weight excluding hydrogens is 374 g/mol. The predicted octanol–water partition coefficient (Wildman–Crippen LogP) is 3.73. The molecule has 0 aliphatic carbocycles. The van der Waals surface area contributed by atoms with E-state index in [1.165, 1.54) is 19.2 Å². The molecule has 148 valence electrons. The van der Waals surface area contributed by atoms with E-state index in [4.69, 9.17) is 14.2 Å². The van der Waals surface area contributed by atoms with Crippen LogP contribution in [0.2, 0.25) is 0 Å².